The van der Waals surface area contributed by atoms with Gasteiger partial charge in [-0.3, -0.25) is 0 Å². The zero-order valence-electron chi connectivity index (χ0n) is 8.72. The molecule has 1 aromatic carbocycles. The van der Waals surface area contributed by atoms with Crippen molar-refractivity contribution in [2.24, 2.45) is 0 Å². The van der Waals surface area contributed by atoms with Gasteiger partial charge in [-0.1, -0.05) is 24.8 Å². The number of hydrogen-bond acceptors (Lipinski definition) is 4. The molecule has 7 heteroatoms. The lowest BCUT2D eigenvalue weighted by atomic mass is 10.4. The van der Waals surface area contributed by atoms with E-state index >= 15 is 0 Å². The van der Waals surface area contributed by atoms with E-state index in [1.807, 2.05) is 0 Å². The average molecular weight is 276 g/mol. The number of sulfone groups is 1. The fraction of sp³-hybridized carbons (Fsp3) is 0.100. The van der Waals surface area contributed by atoms with Crippen molar-refractivity contribution in [1.82, 2.24) is 4.84 Å². The molecule has 0 saturated heterocycles. The van der Waals surface area contributed by atoms with Gasteiger partial charge in [0.05, 0.1) is 9.80 Å². The lowest BCUT2D eigenvalue weighted by Crippen LogP contribution is -2.18. The Hall–Kier alpha value is -1.53. The second kappa shape index (κ2) is 5.70. The second-order valence-corrected chi connectivity index (χ2v) is 5.27. The quantitative estimate of drug-likeness (QED) is 0.851. The third-order valence-corrected chi connectivity index (χ3v) is 3.80. The van der Waals surface area contributed by atoms with E-state index in [-0.39, 0.29) is 9.80 Å². The summed E-state index contributed by atoms with van der Waals surface area (Å²) in [5.74, 6) is 0. The van der Waals surface area contributed by atoms with Gasteiger partial charge in [0.15, 0.2) is 0 Å². The monoisotopic (exact) mass is 275 g/mol. The molecule has 1 amide bonds. The first-order valence-electron chi connectivity index (χ1n) is 4.50. The van der Waals surface area contributed by atoms with Crippen LogP contribution in [0.4, 0.5) is 4.79 Å². The number of ether oxygens (including phenoxy) is 1. The number of benzene rings is 1. The summed E-state index contributed by atoms with van der Waals surface area (Å²) < 4.78 is 28.3. The molecule has 0 aromatic heterocycles. The third kappa shape index (κ3) is 3.47. The Bertz CT molecular complexity index is 512. The number of nitrogens with one attached hydrogen (secondary N) is 1. The number of amides is 1. The summed E-state index contributed by atoms with van der Waals surface area (Å²) in [6.45, 7) is 2.92. The third-order valence-electron chi connectivity index (χ3n) is 1.87. The van der Waals surface area contributed by atoms with E-state index in [2.05, 4.69) is 11.3 Å². The SMILES string of the molecule is C=C(COC(=O)NCl)S(=O)(=O)c1ccccc1. The first-order valence-corrected chi connectivity index (χ1v) is 6.36. The van der Waals surface area contributed by atoms with Crippen LogP contribution in [0.25, 0.3) is 0 Å². The van der Waals surface area contributed by atoms with Crippen molar-refractivity contribution in [3.05, 3.63) is 41.8 Å². The van der Waals surface area contributed by atoms with Gasteiger partial charge in [0.25, 0.3) is 0 Å². The van der Waals surface area contributed by atoms with Crippen molar-refractivity contribution in [3.8, 4) is 0 Å². The van der Waals surface area contributed by atoms with Crippen molar-refractivity contribution in [1.29, 1.82) is 0 Å². The molecule has 0 atom stereocenters. The van der Waals surface area contributed by atoms with Gasteiger partial charge in [0, 0.05) is 11.8 Å². The van der Waals surface area contributed by atoms with Crippen LogP contribution in [0.1, 0.15) is 0 Å². The minimum Gasteiger partial charge on any atom is -0.443 e. The molecule has 17 heavy (non-hydrogen) atoms. The van der Waals surface area contributed by atoms with Crippen molar-refractivity contribution in [2.75, 3.05) is 6.61 Å². The standard InChI is InChI=1S/C10H10ClNO4S/c1-8(7-16-10(13)12-11)17(14,15)9-5-3-2-4-6-9/h2-6H,1,7H2,(H,12,13). The summed E-state index contributed by atoms with van der Waals surface area (Å²) in [4.78, 5) is 12.2. The maximum absolute atomic E-state index is 11.9. The molecule has 0 bridgehead atoms. The molecule has 1 N–H and O–H groups in total. The van der Waals surface area contributed by atoms with E-state index in [1.54, 1.807) is 23.0 Å². The number of carbonyl (C=O) groups excluding carboxylic acids is 1. The molecule has 0 fully saturated rings. The normalized spacial score (nSPS) is 10.6. The molecule has 1 aromatic rings. The van der Waals surface area contributed by atoms with Crippen molar-refractivity contribution >= 4 is 27.7 Å². The van der Waals surface area contributed by atoms with E-state index in [0.29, 0.717) is 0 Å². The molecular formula is C10H10ClNO4S. The van der Waals surface area contributed by atoms with Gasteiger partial charge in [-0.25, -0.2) is 18.0 Å². The molecule has 0 spiro atoms. The summed E-state index contributed by atoms with van der Waals surface area (Å²) in [7, 11) is -3.69. The fourth-order valence-electron chi connectivity index (χ4n) is 1.02. The van der Waals surface area contributed by atoms with E-state index in [0.717, 1.165) is 0 Å². The summed E-state index contributed by atoms with van der Waals surface area (Å²) in [5.41, 5.74) is 0. The molecule has 92 valence electrons. The predicted molar refractivity (Wildman–Crippen MR) is 63.1 cm³/mol. The van der Waals surface area contributed by atoms with E-state index in [4.69, 9.17) is 11.8 Å². The van der Waals surface area contributed by atoms with Gasteiger partial charge in [-0.15, -0.1) is 0 Å². The van der Waals surface area contributed by atoms with Crippen molar-refractivity contribution in [2.45, 2.75) is 4.90 Å². The van der Waals surface area contributed by atoms with Crippen LogP contribution in [0.2, 0.25) is 0 Å². The van der Waals surface area contributed by atoms with Crippen LogP contribution in [0.3, 0.4) is 0 Å². The van der Waals surface area contributed by atoms with Crippen LogP contribution in [0.5, 0.6) is 0 Å². The van der Waals surface area contributed by atoms with Crippen LogP contribution < -0.4 is 4.84 Å². The highest BCUT2D eigenvalue weighted by atomic mass is 35.5. The fourth-order valence-corrected chi connectivity index (χ4v) is 2.13. The Morgan fingerprint density at radius 2 is 1.94 bits per heavy atom. The molecule has 0 saturated carbocycles. The summed E-state index contributed by atoms with van der Waals surface area (Å²) in [6, 6.07) is 7.74. The van der Waals surface area contributed by atoms with Gasteiger partial charge in [0.1, 0.15) is 6.61 Å². The van der Waals surface area contributed by atoms with Gasteiger partial charge < -0.3 is 4.74 Å². The summed E-state index contributed by atoms with van der Waals surface area (Å²) in [6.07, 6.45) is -0.934. The molecule has 1 rings (SSSR count). The van der Waals surface area contributed by atoms with E-state index in [9.17, 15) is 13.2 Å². The maximum atomic E-state index is 11.9. The van der Waals surface area contributed by atoms with Gasteiger partial charge in [0.2, 0.25) is 9.84 Å². The van der Waals surface area contributed by atoms with E-state index in [1.165, 1.54) is 12.1 Å². The maximum Gasteiger partial charge on any atom is 0.422 e. The number of halogens is 1. The highest BCUT2D eigenvalue weighted by Crippen LogP contribution is 2.17. The molecule has 0 radical (unpaired) electrons. The first-order chi connectivity index (χ1) is 7.98. The molecule has 0 aliphatic rings. The smallest absolute Gasteiger partial charge is 0.422 e. The summed E-state index contributed by atoms with van der Waals surface area (Å²) >= 11 is 4.96. The molecular weight excluding hydrogens is 266 g/mol. The number of carbonyl (C=O) groups is 1. The Morgan fingerprint density at radius 3 is 2.47 bits per heavy atom. The van der Waals surface area contributed by atoms with E-state index < -0.39 is 22.5 Å². The zero-order valence-corrected chi connectivity index (χ0v) is 10.3. The molecule has 0 aliphatic heterocycles. The Balaban J connectivity index is 2.79. The van der Waals surface area contributed by atoms with Crippen LogP contribution in [-0.4, -0.2) is 21.1 Å². The minimum absolute atomic E-state index is 0.0971. The predicted octanol–water partition coefficient (Wildman–Crippen LogP) is 1.85. The highest BCUT2D eigenvalue weighted by molar-refractivity contribution is 7.95. The Morgan fingerprint density at radius 1 is 1.35 bits per heavy atom. The van der Waals surface area contributed by atoms with Crippen LogP contribution in [-0.2, 0) is 14.6 Å². The topological polar surface area (TPSA) is 72.5 Å². The number of rotatable bonds is 4. The zero-order chi connectivity index (χ0) is 12.9. The first kappa shape index (κ1) is 13.5. The van der Waals surface area contributed by atoms with Gasteiger partial charge in [-0.2, -0.15) is 0 Å². The van der Waals surface area contributed by atoms with Gasteiger partial charge >= 0.3 is 6.09 Å². The summed E-state index contributed by atoms with van der Waals surface area (Å²) in [5, 5.41) is 0. The Labute approximate surface area is 104 Å². The minimum atomic E-state index is -3.69. The van der Waals surface area contributed by atoms with Crippen LogP contribution in [0.15, 0.2) is 46.7 Å². The van der Waals surface area contributed by atoms with Gasteiger partial charge in [-0.05, 0) is 12.1 Å². The largest absolute Gasteiger partial charge is 0.443 e. The lowest BCUT2D eigenvalue weighted by Gasteiger charge is -2.07. The van der Waals surface area contributed by atoms with Crippen molar-refractivity contribution in [3.63, 3.8) is 0 Å². The van der Waals surface area contributed by atoms with Crippen LogP contribution in [0, 0.1) is 0 Å². The lowest BCUT2D eigenvalue weighted by molar-refractivity contribution is 0.164. The average Bonchev–Trinajstić information content (AvgIpc) is 2.36. The van der Waals surface area contributed by atoms with Crippen LogP contribution >= 0.6 is 11.8 Å². The molecule has 0 unspecified atom stereocenters. The highest BCUT2D eigenvalue weighted by Gasteiger charge is 2.19. The van der Waals surface area contributed by atoms with Crippen molar-refractivity contribution < 1.29 is 17.9 Å². The molecule has 0 aliphatic carbocycles. The molecule has 0 heterocycles. The second-order valence-electron chi connectivity index (χ2n) is 3.03. The Kier molecular flexibility index (Phi) is 4.53. The number of hydrogen-bond donors (Lipinski definition) is 1. The molecule has 5 nitrogen and oxygen atoms in total.